The number of hydrogen-bond donors (Lipinski definition) is 2. The van der Waals surface area contributed by atoms with Crippen LogP contribution >= 0.6 is 0 Å². The van der Waals surface area contributed by atoms with E-state index in [1.54, 1.807) is 7.05 Å². The molecule has 0 fully saturated rings. The topological polar surface area (TPSA) is 80.0 Å². The van der Waals surface area contributed by atoms with Crippen LogP contribution in [0.3, 0.4) is 0 Å². The molecule has 0 saturated heterocycles. The Kier molecular flexibility index (Phi) is 4.64. The fourth-order valence-corrected chi connectivity index (χ4v) is 1.61. The van der Waals surface area contributed by atoms with Gasteiger partial charge in [-0.1, -0.05) is 11.8 Å². The first-order valence-electron chi connectivity index (χ1n) is 6.16. The molecule has 108 valence electrons. The third-order valence-corrected chi connectivity index (χ3v) is 2.62. The summed E-state index contributed by atoms with van der Waals surface area (Å²) in [4.78, 5) is 16.1. The van der Waals surface area contributed by atoms with Crippen LogP contribution in [0, 0.1) is 17.7 Å². The summed E-state index contributed by atoms with van der Waals surface area (Å²) in [5, 5.41) is 15.1. The highest BCUT2D eigenvalue weighted by molar-refractivity contribution is 6.05. The third-order valence-electron chi connectivity index (χ3n) is 2.62. The van der Waals surface area contributed by atoms with Crippen molar-refractivity contribution in [2.45, 2.75) is 6.42 Å². The summed E-state index contributed by atoms with van der Waals surface area (Å²) in [7, 11) is 1.63. The third kappa shape index (κ3) is 3.64. The van der Waals surface area contributed by atoms with E-state index in [9.17, 15) is 9.18 Å². The van der Waals surface area contributed by atoms with Crippen LogP contribution in [0.4, 0.5) is 10.3 Å². The van der Waals surface area contributed by atoms with Gasteiger partial charge in [0.15, 0.2) is 0 Å². The number of amides is 1. The summed E-state index contributed by atoms with van der Waals surface area (Å²) in [5.41, 5.74) is 0.480. The van der Waals surface area contributed by atoms with Crippen molar-refractivity contribution in [2.75, 3.05) is 11.9 Å². The van der Waals surface area contributed by atoms with Gasteiger partial charge in [-0.05, 0) is 18.2 Å². The van der Waals surface area contributed by atoms with E-state index in [1.165, 1.54) is 29.2 Å². The van der Waals surface area contributed by atoms with Crippen LogP contribution in [-0.2, 0) is 7.05 Å². The van der Waals surface area contributed by atoms with Crippen LogP contribution in [0.5, 0.6) is 0 Å². The Hall–Kier alpha value is -2.72. The number of aliphatic hydroxyl groups is 1. The van der Waals surface area contributed by atoms with Crippen LogP contribution < -0.4 is 5.32 Å². The lowest BCUT2D eigenvalue weighted by molar-refractivity contribution is 0.102. The van der Waals surface area contributed by atoms with Crippen molar-refractivity contribution in [2.24, 2.45) is 7.05 Å². The molecule has 0 aliphatic carbocycles. The normalized spacial score (nSPS) is 9.86. The standard InChI is InChI=1S/C14H13FN4O2/c1-19-14(16-9-17-19)18-13(21)12-6-5-11(15)8-10(12)4-2-3-7-20/h5-6,8-9,20H,3,7H2,1H3,(H,16,17,18,21). The van der Waals surface area contributed by atoms with E-state index in [2.05, 4.69) is 27.2 Å². The molecular weight excluding hydrogens is 275 g/mol. The van der Waals surface area contributed by atoms with Crippen molar-refractivity contribution in [3.05, 3.63) is 41.5 Å². The minimum absolute atomic E-state index is 0.0945. The van der Waals surface area contributed by atoms with Crippen LogP contribution in [0.2, 0.25) is 0 Å². The smallest absolute Gasteiger partial charge is 0.259 e. The van der Waals surface area contributed by atoms with Gasteiger partial charge in [0.05, 0.1) is 12.2 Å². The number of nitrogens with one attached hydrogen (secondary N) is 1. The Morgan fingerprint density at radius 3 is 3.00 bits per heavy atom. The minimum Gasteiger partial charge on any atom is -0.395 e. The van der Waals surface area contributed by atoms with E-state index in [0.717, 1.165) is 0 Å². The molecule has 0 aliphatic heterocycles. The van der Waals surface area contributed by atoms with Gasteiger partial charge in [-0.15, -0.1) is 0 Å². The van der Waals surface area contributed by atoms with Crippen LogP contribution in [0.25, 0.3) is 0 Å². The van der Waals surface area contributed by atoms with Gasteiger partial charge in [0, 0.05) is 19.0 Å². The first kappa shape index (κ1) is 14.7. The van der Waals surface area contributed by atoms with Crippen LogP contribution in [0.15, 0.2) is 24.5 Å². The minimum atomic E-state index is -0.487. The molecule has 21 heavy (non-hydrogen) atoms. The van der Waals surface area contributed by atoms with Crippen molar-refractivity contribution in [3.8, 4) is 11.8 Å². The van der Waals surface area contributed by atoms with E-state index < -0.39 is 11.7 Å². The number of aliphatic hydroxyl groups excluding tert-OH is 1. The van der Waals surface area contributed by atoms with Gasteiger partial charge in [-0.25, -0.2) is 9.07 Å². The van der Waals surface area contributed by atoms with Gasteiger partial charge in [0.2, 0.25) is 5.95 Å². The molecule has 1 aromatic heterocycles. The van der Waals surface area contributed by atoms with E-state index >= 15 is 0 Å². The molecule has 1 heterocycles. The second kappa shape index (κ2) is 6.63. The molecule has 0 radical (unpaired) electrons. The first-order chi connectivity index (χ1) is 10.1. The lowest BCUT2D eigenvalue weighted by atomic mass is 10.1. The molecule has 0 unspecified atom stereocenters. The highest BCUT2D eigenvalue weighted by Crippen LogP contribution is 2.12. The Labute approximate surface area is 120 Å². The number of anilines is 1. The summed E-state index contributed by atoms with van der Waals surface area (Å²) in [6, 6.07) is 3.71. The lowest BCUT2D eigenvalue weighted by Gasteiger charge is -2.06. The number of aromatic nitrogens is 3. The maximum atomic E-state index is 13.3. The molecule has 7 heteroatoms. The van der Waals surface area contributed by atoms with E-state index in [1.807, 2.05) is 0 Å². The Bertz CT molecular complexity index is 715. The maximum absolute atomic E-state index is 13.3. The fraction of sp³-hybridized carbons (Fsp3) is 0.214. The quantitative estimate of drug-likeness (QED) is 0.824. The van der Waals surface area contributed by atoms with Crippen molar-refractivity contribution in [1.82, 2.24) is 14.8 Å². The molecule has 2 aromatic rings. The Morgan fingerprint density at radius 2 is 2.33 bits per heavy atom. The number of carbonyl (C=O) groups excluding carboxylic acids is 1. The molecule has 6 nitrogen and oxygen atoms in total. The molecule has 1 aromatic carbocycles. The maximum Gasteiger partial charge on any atom is 0.259 e. The number of hydrogen-bond acceptors (Lipinski definition) is 4. The monoisotopic (exact) mass is 288 g/mol. The zero-order valence-electron chi connectivity index (χ0n) is 11.3. The van der Waals surface area contributed by atoms with Gasteiger partial charge >= 0.3 is 0 Å². The molecule has 2 N–H and O–H groups in total. The van der Waals surface area contributed by atoms with Gasteiger partial charge in [-0.2, -0.15) is 10.1 Å². The number of halogens is 1. The Balaban J connectivity index is 2.28. The summed E-state index contributed by atoms with van der Waals surface area (Å²) in [5.74, 6) is 4.67. The average Bonchev–Trinajstić information content (AvgIpc) is 2.84. The number of carbonyl (C=O) groups is 1. The second-order valence-corrected chi connectivity index (χ2v) is 4.13. The summed E-state index contributed by atoms with van der Waals surface area (Å²) in [6.07, 6.45) is 1.56. The number of nitrogens with zero attached hydrogens (tertiary/aromatic N) is 3. The van der Waals surface area contributed by atoms with Gasteiger partial charge in [0.1, 0.15) is 12.1 Å². The SMILES string of the molecule is Cn1ncnc1NC(=O)c1ccc(F)cc1C#CCCO. The van der Waals surface area contributed by atoms with E-state index in [0.29, 0.717) is 0 Å². The van der Waals surface area contributed by atoms with Gasteiger partial charge < -0.3 is 5.11 Å². The predicted molar refractivity (Wildman–Crippen MR) is 73.9 cm³/mol. The van der Waals surface area contributed by atoms with Crippen LogP contribution in [-0.4, -0.2) is 32.4 Å². The van der Waals surface area contributed by atoms with Crippen LogP contribution in [0.1, 0.15) is 22.3 Å². The van der Waals surface area contributed by atoms with Gasteiger partial charge in [0.25, 0.3) is 5.91 Å². The van der Waals surface area contributed by atoms with Crippen molar-refractivity contribution in [3.63, 3.8) is 0 Å². The van der Waals surface area contributed by atoms with Crippen molar-refractivity contribution < 1.29 is 14.3 Å². The lowest BCUT2D eigenvalue weighted by Crippen LogP contribution is -2.16. The summed E-state index contributed by atoms with van der Waals surface area (Å²) < 4.78 is 14.7. The first-order valence-corrected chi connectivity index (χ1v) is 6.16. The number of aryl methyl sites for hydroxylation is 1. The molecule has 0 aliphatic rings. The molecule has 0 atom stereocenters. The zero-order valence-corrected chi connectivity index (χ0v) is 11.3. The fourth-order valence-electron chi connectivity index (χ4n) is 1.61. The molecule has 2 rings (SSSR count). The highest BCUT2D eigenvalue weighted by atomic mass is 19.1. The van der Waals surface area contributed by atoms with Crippen molar-refractivity contribution in [1.29, 1.82) is 0 Å². The number of rotatable bonds is 3. The summed E-state index contributed by atoms with van der Waals surface area (Å²) >= 11 is 0. The van der Waals surface area contributed by atoms with E-state index in [-0.39, 0.29) is 30.1 Å². The van der Waals surface area contributed by atoms with Crippen molar-refractivity contribution >= 4 is 11.9 Å². The Morgan fingerprint density at radius 1 is 1.52 bits per heavy atom. The summed E-state index contributed by atoms with van der Waals surface area (Å²) in [6.45, 7) is -0.0945. The molecule has 0 spiro atoms. The second-order valence-electron chi connectivity index (χ2n) is 4.13. The molecule has 0 bridgehead atoms. The average molecular weight is 288 g/mol. The highest BCUT2D eigenvalue weighted by Gasteiger charge is 2.13. The molecule has 1 amide bonds. The molecule has 0 saturated carbocycles. The van der Waals surface area contributed by atoms with Gasteiger partial charge in [-0.3, -0.25) is 10.1 Å². The number of benzene rings is 1. The zero-order chi connectivity index (χ0) is 15.2. The largest absolute Gasteiger partial charge is 0.395 e. The predicted octanol–water partition coefficient (Wildman–Crippen LogP) is 0.940. The van der Waals surface area contributed by atoms with E-state index in [4.69, 9.17) is 5.11 Å². The molecular formula is C14H13FN4O2.